The first kappa shape index (κ1) is 19.0. The molecule has 152 valence electrons. The highest BCUT2D eigenvalue weighted by molar-refractivity contribution is 6.05. The van der Waals surface area contributed by atoms with Crippen molar-refractivity contribution >= 4 is 22.3 Å². The molecule has 2 aliphatic rings. The van der Waals surface area contributed by atoms with Crippen molar-refractivity contribution < 1.29 is 19.3 Å². The Morgan fingerprint density at radius 2 is 1.90 bits per heavy atom. The molecule has 2 aromatic rings. The van der Waals surface area contributed by atoms with Crippen LogP contribution in [0, 0.1) is 0 Å². The van der Waals surface area contributed by atoms with Gasteiger partial charge in [-0.1, -0.05) is 6.07 Å². The Morgan fingerprint density at radius 3 is 2.69 bits per heavy atom. The number of aliphatic hydroxyl groups excluding tert-OH is 1. The lowest BCUT2D eigenvalue weighted by atomic mass is 10.2. The Labute approximate surface area is 168 Å². The largest absolute Gasteiger partial charge is 0.497 e. The van der Waals surface area contributed by atoms with E-state index in [-0.39, 0.29) is 6.61 Å². The van der Waals surface area contributed by atoms with Crippen molar-refractivity contribution in [3.63, 3.8) is 0 Å². The first-order valence-corrected chi connectivity index (χ1v) is 9.67. The SMILES string of the molecule is CCOc1cc2cc3c(Nc4cccc(OC)c4)[nH][nH]c-3c2cc1OCCCO. The molecular weight excluding hydrogens is 370 g/mol. The van der Waals surface area contributed by atoms with Gasteiger partial charge in [0, 0.05) is 35.7 Å². The number of benzene rings is 2. The number of rotatable bonds is 9. The second-order valence-corrected chi connectivity index (χ2v) is 6.66. The maximum absolute atomic E-state index is 9.02. The summed E-state index contributed by atoms with van der Waals surface area (Å²) in [6.07, 6.45) is 0.574. The molecule has 0 unspecified atom stereocenters. The van der Waals surface area contributed by atoms with Crippen LogP contribution < -0.4 is 19.5 Å². The third-order valence-electron chi connectivity index (χ3n) is 4.74. The van der Waals surface area contributed by atoms with E-state index in [0.717, 1.165) is 39.3 Å². The van der Waals surface area contributed by atoms with Crippen LogP contribution in [0.5, 0.6) is 17.2 Å². The van der Waals surface area contributed by atoms with E-state index in [1.807, 2.05) is 43.3 Å². The van der Waals surface area contributed by atoms with Crippen LogP contribution >= 0.6 is 0 Å². The summed E-state index contributed by atoms with van der Waals surface area (Å²) in [5.74, 6) is 3.04. The molecule has 7 heteroatoms. The predicted molar refractivity (Wildman–Crippen MR) is 114 cm³/mol. The highest BCUT2D eigenvalue weighted by Crippen LogP contribution is 2.43. The number of nitrogens with one attached hydrogen (secondary N) is 3. The van der Waals surface area contributed by atoms with Crippen LogP contribution in [0.4, 0.5) is 11.5 Å². The number of aromatic nitrogens is 2. The van der Waals surface area contributed by atoms with Gasteiger partial charge in [-0.15, -0.1) is 0 Å². The molecule has 0 aromatic heterocycles. The maximum Gasteiger partial charge on any atom is 0.161 e. The molecule has 0 fully saturated rings. The first-order chi connectivity index (χ1) is 14.2. The van der Waals surface area contributed by atoms with E-state index in [1.54, 1.807) is 7.11 Å². The third kappa shape index (κ3) is 3.82. The number of fused-ring (bicyclic) bond motifs is 3. The molecule has 0 saturated carbocycles. The van der Waals surface area contributed by atoms with Gasteiger partial charge in [-0.2, -0.15) is 0 Å². The fourth-order valence-electron chi connectivity index (χ4n) is 3.38. The summed E-state index contributed by atoms with van der Waals surface area (Å²) >= 11 is 0. The summed E-state index contributed by atoms with van der Waals surface area (Å²) in [4.78, 5) is 0. The van der Waals surface area contributed by atoms with Crippen molar-refractivity contribution in [1.29, 1.82) is 0 Å². The summed E-state index contributed by atoms with van der Waals surface area (Å²) in [5.41, 5.74) is 2.95. The van der Waals surface area contributed by atoms with E-state index >= 15 is 0 Å². The van der Waals surface area contributed by atoms with E-state index < -0.39 is 0 Å². The molecule has 2 aromatic carbocycles. The zero-order valence-electron chi connectivity index (χ0n) is 16.5. The topological polar surface area (TPSA) is 91.5 Å². The minimum Gasteiger partial charge on any atom is -0.497 e. The molecule has 7 nitrogen and oxygen atoms in total. The van der Waals surface area contributed by atoms with Gasteiger partial charge in [0.1, 0.15) is 11.6 Å². The van der Waals surface area contributed by atoms with Crippen LogP contribution in [0.1, 0.15) is 13.3 Å². The monoisotopic (exact) mass is 395 g/mol. The number of hydrogen-bond donors (Lipinski definition) is 4. The number of aromatic amines is 2. The Morgan fingerprint density at radius 1 is 1.03 bits per heavy atom. The number of anilines is 2. The van der Waals surface area contributed by atoms with Crippen molar-refractivity contribution in [2.24, 2.45) is 0 Å². The highest BCUT2D eigenvalue weighted by Gasteiger charge is 2.20. The molecule has 4 rings (SSSR count). The van der Waals surface area contributed by atoms with Crippen molar-refractivity contribution in [3.8, 4) is 28.5 Å². The first-order valence-electron chi connectivity index (χ1n) is 9.67. The third-order valence-corrected chi connectivity index (χ3v) is 4.74. The van der Waals surface area contributed by atoms with Gasteiger partial charge in [-0.25, -0.2) is 0 Å². The summed E-state index contributed by atoms with van der Waals surface area (Å²) < 4.78 is 16.9. The highest BCUT2D eigenvalue weighted by atomic mass is 16.5. The van der Waals surface area contributed by atoms with Gasteiger partial charge in [0.05, 0.1) is 26.0 Å². The van der Waals surface area contributed by atoms with E-state index in [4.69, 9.17) is 19.3 Å². The molecule has 29 heavy (non-hydrogen) atoms. The molecule has 1 heterocycles. The van der Waals surface area contributed by atoms with Crippen LogP contribution in [0.3, 0.4) is 0 Å². The summed E-state index contributed by atoms with van der Waals surface area (Å²) in [6.45, 7) is 3.03. The van der Waals surface area contributed by atoms with Crippen molar-refractivity contribution in [2.75, 3.05) is 32.2 Å². The predicted octanol–water partition coefficient (Wildman–Crippen LogP) is 4.51. The van der Waals surface area contributed by atoms with Gasteiger partial charge < -0.3 is 24.6 Å². The van der Waals surface area contributed by atoms with Crippen LogP contribution in [0.25, 0.3) is 22.0 Å². The molecule has 4 N–H and O–H groups in total. The van der Waals surface area contributed by atoms with Crippen LogP contribution in [-0.2, 0) is 0 Å². The average molecular weight is 395 g/mol. The molecular formula is C22H25N3O4. The second-order valence-electron chi connectivity index (χ2n) is 6.66. The van der Waals surface area contributed by atoms with E-state index in [0.29, 0.717) is 31.1 Å². The molecule has 0 spiro atoms. The molecule has 1 aliphatic heterocycles. The van der Waals surface area contributed by atoms with E-state index in [1.165, 1.54) is 0 Å². The Balaban J connectivity index is 1.68. The molecule has 0 saturated heterocycles. The van der Waals surface area contributed by atoms with Gasteiger partial charge >= 0.3 is 0 Å². The van der Waals surface area contributed by atoms with E-state index in [2.05, 4.69) is 21.6 Å². The average Bonchev–Trinajstić information content (AvgIpc) is 3.28. The van der Waals surface area contributed by atoms with Crippen LogP contribution in [0.2, 0.25) is 0 Å². The number of hydrogen-bond acceptors (Lipinski definition) is 5. The fourth-order valence-corrected chi connectivity index (χ4v) is 3.38. The minimum atomic E-state index is 0.0950. The van der Waals surface area contributed by atoms with Gasteiger partial charge in [-0.3, -0.25) is 10.2 Å². The number of methoxy groups -OCH3 is 1. The molecule has 0 atom stereocenters. The molecule has 0 amide bonds. The van der Waals surface area contributed by atoms with Gasteiger partial charge in [0.15, 0.2) is 11.5 Å². The van der Waals surface area contributed by atoms with Gasteiger partial charge in [0.25, 0.3) is 0 Å². The number of ether oxygens (including phenoxy) is 3. The quantitative estimate of drug-likeness (QED) is 0.313. The van der Waals surface area contributed by atoms with Crippen molar-refractivity contribution in [2.45, 2.75) is 13.3 Å². The standard InChI is InChI=1S/C22H25N3O4/c1-3-28-19-11-14-10-18-21(17(14)13-20(19)29-9-5-8-26)24-25-22(18)23-15-6-4-7-16(12-15)27-2/h4,6-7,10-13,23-26H,3,5,8-9H2,1-2H3. The lowest BCUT2D eigenvalue weighted by molar-refractivity contribution is 0.225. The van der Waals surface area contributed by atoms with Crippen molar-refractivity contribution in [1.82, 2.24) is 10.2 Å². The van der Waals surface area contributed by atoms with E-state index in [9.17, 15) is 0 Å². The van der Waals surface area contributed by atoms with Gasteiger partial charge in [-0.05, 0) is 42.6 Å². The normalized spacial score (nSPS) is 11.1. The lowest BCUT2D eigenvalue weighted by Crippen LogP contribution is -2.02. The van der Waals surface area contributed by atoms with Crippen LogP contribution in [0.15, 0.2) is 42.5 Å². The maximum atomic E-state index is 9.02. The number of aliphatic hydroxyl groups is 1. The fraction of sp³-hybridized carbons (Fsp3) is 0.273. The molecule has 1 aliphatic carbocycles. The Bertz CT molecular complexity index is 1070. The Kier molecular flexibility index (Phi) is 5.48. The molecule has 0 radical (unpaired) electrons. The smallest absolute Gasteiger partial charge is 0.161 e. The Hall–Kier alpha value is -3.32. The number of H-pyrrole nitrogens is 2. The lowest BCUT2D eigenvalue weighted by Gasteiger charge is -2.12. The summed E-state index contributed by atoms with van der Waals surface area (Å²) in [5, 5.41) is 21.0. The second kappa shape index (κ2) is 8.36. The molecule has 0 bridgehead atoms. The zero-order valence-corrected chi connectivity index (χ0v) is 16.5. The summed E-state index contributed by atoms with van der Waals surface area (Å²) in [7, 11) is 1.65. The zero-order chi connectivity index (χ0) is 20.2. The minimum absolute atomic E-state index is 0.0950. The summed E-state index contributed by atoms with van der Waals surface area (Å²) in [6, 6.07) is 13.9. The van der Waals surface area contributed by atoms with Crippen LogP contribution in [-0.4, -0.2) is 42.2 Å². The van der Waals surface area contributed by atoms with Gasteiger partial charge in [0.2, 0.25) is 0 Å². The van der Waals surface area contributed by atoms with Crippen molar-refractivity contribution in [3.05, 3.63) is 42.5 Å².